The molecule has 0 atom stereocenters. The van der Waals surface area contributed by atoms with Crippen LogP contribution in [0.2, 0.25) is 0 Å². The minimum atomic E-state index is 1.11. The Labute approximate surface area is 159 Å². The molecule has 2 rings (SSSR count). The maximum absolute atomic E-state index is 2.29. The minimum absolute atomic E-state index is 1.11. The van der Waals surface area contributed by atoms with Crippen LogP contribution in [-0.2, 0) is 6.42 Å². The highest BCUT2D eigenvalue weighted by atomic mass is 14.2. The lowest BCUT2D eigenvalue weighted by Crippen LogP contribution is -2.05. The standard InChI is InChI=1S/C11H22.C11H16.C3H8/c2*1-2-3-5-8-11-9-6-4-7-10-11;1-3-2/h11H,2-10H2,1H3;4,6-7,9-10H,2-3,5,8H2,1H3;3H2,1-2H3. The van der Waals surface area contributed by atoms with E-state index in [0.29, 0.717) is 0 Å². The van der Waals surface area contributed by atoms with Crippen LogP contribution in [-0.4, -0.2) is 0 Å². The Morgan fingerprint density at radius 1 is 0.720 bits per heavy atom. The third-order valence-corrected chi connectivity index (χ3v) is 4.85. The number of aryl methyl sites for hydroxylation is 1. The molecule has 0 bridgehead atoms. The molecule has 0 aromatic heterocycles. The van der Waals surface area contributed by atoms with Gasteiger partial charge in [0.1, 0.15) is 0 Å². The number of benzene rings is 1. The van der Waals surface area contributed by atoms with Crippen molar-refractivity contribution in [3.8, 4) is 0 Å². The van der Waals surface area contributed by atoms with Gasteiger partial charge in [-0.1, -0.05) is 135 Å². The van der Waals surface area contributed by atoms with E-state index in [2.05, 4.69) is 58.0 Å². The summed E-state index contributed by atoms with van der Waals surface area (Å²) in [5.41, 5.74) is 1.47. The molecule has 0 amide bonds. The molecule has 1 aromatic rings. The highest BCUT2D eigenvalue weighted by Crippen LogP contribution is 2.27. The van der Waals surface area contributed by atoms with Crippen molar-refractivity contribution in [1.29, 1.82) is 0 Å². The third kappa shape index (κ3) is 16.4. The van der Waals surface area contributed by atoms with Gasteiger partial charge in [-0.25, -0.2) is 0 Å². The predicted molar refractivity (Wildman–Crippen MR) is 116 cm³/mol. The van der Waals surface area contributed by atoms with E-state index in [1.807, 2.05) is 0 Å². The highest BCUT2D eigenvalue weighted by Gasteiger charge is 2.11. The zero-order chi connectivity index (χ0) is 18.6. The van der Waals surface area contributed by atoms with Crippen molar-refractivity contribution in [1.82, 2.24) is 0 Å². The first-order chi connectivity index (χ1) is 12.3. The molecule has 0 heteroatoms. The van der Waals surface area contributed by atoms with Gasteiger partial charge in [0, 0.05) is 0 Å². The molecular weight excluding hydrogens is 300 g/mol. The van der Waals surface area contributed by atoms with Gasteiger partial charge in [-0.3, -0.25) is 0 Å². The van der Waals surface area contributed by atoms with Crippen molar-refractivity contribution >= 4 is 0 Å². The van der Waals surface area contributed by atoms with Crippen molar-refractivity contribution in [3.63, 3.8) is 0 Å². The maximum atomic E-state index is 2.29. The van der Waals surface area contributed by atoms with E-state index in [1.54, 1.807) is 0 Å². The van der Waals surface area contributed by atoms with E-state index in [0.717, 1.165) is 5.92 Å². The topological polar surface area (TPSA) is 0 Å². The van der Waals surface area contributed by atoms with Crippen LogP contribution in [0.3, 0.4) is 0 Å². The summed E-state index contributed by atoms with van der Waals surface area (Å²) >= 11 is 0. The Morgan fingerprint density at radius 3 is 1.84 bits per heavy atom. The summed E-state index contributed by atoms with van der Waals surface area (Å²) in [6, 6.07) is 10.7. The fraction of sp³-hybridized carbons (Fsp3) is 0.760. The SMILES string of the molecule is CCC.CCCCCC1CCCCC1.CCCCCc1ccccc1. The van der Waals surface area contributed by atoms with Gasteiger partial charge in [0.05, 0.1) is 0 Å². The third-order valence-electron chi connectivity index (χ3n) is 4.85. The van der Waals surface area contributed by atoms with Crippen LogP contribution in [0.1, 0.15) is 117 Å². The zero-order valence-corrected chi connectivity index (χ0v) is 17.9. The molecule has 25 heavy (non-hydrogen) atoms. The summed E-state index contributed by atoms with van der Waals surface area (Å²) < 4.78 is 0. The quantitative estimate of drug-likeness (QED) is 0.412. The fourth-order valence-corrected chi connectivity index (χ4v) is 3.38. The molecule has 0 radical (unpaired) electrons. The molecule has 0 saturated heterocycles. The van der Waals surface area contributed by atoms with Gasteiger partial charge in [0.15, 0.2) is 0 Å². The van der Waals surface area contributed by atoms with Gasteiger partial charge in [-0.15, -0.1) is 0 Å². The summed E-state index contributed by atoms with van der Waals surface area (Å²) in [6.07, 6.45) is 19.9. The van der Waals surface area contributed by atoms with Crippen LogP contribution < -0.4 is 0 Å². The van der Waals surface area contributed by atoms with Crippen molar-refractivity contribution in [2.45, 2.75) is 118 Å². The monoisotopic (exact) mass is 346 g/mol. The second kappa shape index (κ2) is 19.5. The van der Waals surface area contributed by atoms with Crippen LogP contribution >= 0.6 is 0 Å². The van der Waals surface area contributed by atoms with Gasteiger partial charge in [0.2, 0.25) is 0 Å². The molecule has 1 aliphatic rings. The van der Waals surface area contributed by atoms with Crippen LogP contribution in [0.5, 0.6) is 0 Å². The second-order valence-electron chi connectivity index (χ2n) is 7.65. The van der Waals surface area contributed by atoms with E-state index in [4.69, 9.17) is 0 Å². The lowest BCUT2D eigenvalue weighted by Gasteiger charge is -2.20. The van der Waals surface area contributed by atoms with E-state index in [1.165, 1.54) is 95.5 Å². The Morgan fingerprint density at radius 2 is 1.28 bits per heavy atom. The maximum Gasteiger partial charge on any atom is -0.0279 e. The van der Waals surface area contributed by atoms with Crippen LogP contribution in [0, 0.1) is 5.92 Å². The lowest BCUT2D eigenvalue weighted by molar-refractivity contribution is 0.329. The van der Waals surface area contributed by atoms with Gasteiger partial charge >= 0.3 is 0 Å². The molecule has 1 aromatic carbocycles. The largest absolute Gasteiger partial charge is 0.0656 e. The van der Waals surface area contributed by atoms with Gasteiger partial charge in [-0.05, 0) is 24.3 Å². The molecule has 146 valence electrons. The summed E-state index contributed by atoms with van der Waals surface area (Å²) in [5, 5.41) is 0. The van der Waals surface area contributed by atoms with Crippen molar-refractivity contribution in [3.05, 3.63) is 35.9 Å². The number of hydrogen-bond acceptors (Lipinski definition) is 0. The summed E-state index contributed by atoms with van der Waals surface area (Å²) in [7, 11) is 0. The molecule has 0 aliphatic heterocycles. The van der Waals surface area contributed by atoms with Gasteiger partial charge in [0.25, 0.3) is 0 Å². The molecule has 1 aliphatic carbocycles. The fourth-order valence-electron chi connectivity index (χ4n) is 3.38. The van der Waals surface area contributed by atoms with Crippen LogP contribution in [0.25, 0.3) is 0 Å². The summed E-state index contributed by atoms with van der Waals surface area (Å²) in [4.78, 5) is 0. The first-order valence-electron chi connectivity index (χ1n) is 11.3. The molecule has 1 fully saturated rings. The van der Waals surface area contributed by atoms with E-state index in [9.17, 15) is 0 Å². The minimum Gasteiger partial charge on any atom is -0.0656 e. The molecule has 0 heterocycles. The Kier molecular flexibility index (Phi) is 18.9. The van der Waals surface area contributed by atoms with Crippen molar-refractivity contribution < 1.29 is 0 Å². The molecular formula is C25H46. The van der Waals surface area contributed by atoms with Crippen LogP contribution in [0.4, 0.5) is 0 Å². The summed E-state index contributed by atoms with van der Waals surface area (Å²) in [5.74, 6) is 1.11. The van der Waals surface area contributed by atoms with E-state index < -0.39 is 0 Å². The lowest BCUT2D eigenvalue weighted by atomic mass is 9.86. The molecule has 1 saturated carbocycles. The Balaban J connectivity index is 0.000000399. The highest BCUT2D eigenvalue weighted by molar-refractivity contribution is 5.14. The number of hydrogen-bond donors (Lipinski definition) is 0. The molecule has 0 unspecified atom stereocenters. The molecule has 0 spiro atoms. The van der Waals surface area contributed by atoms with Crippen LogP contribution in [0.15, 0.2) is 30.3 Å². The van der Waals surface area contributed by atoms with E-state index in [-0.39, 0.29) is 0 Å². The number of unbranched alkanes of at least 4 members (excludes halogenated alkanes) is 4. The normalized spacial score (nSPS) is 14.1. The van der Waals surface area contributed by atoms with E-state index >= 15 is 0 Å². The smallest absolute Gasteiger partial charge is 0.0279 e. The Bertz CT molecular complexity index is 334. The zero-order valence-electron chi connectivity index (χ0n) is 17.9. The predicted octanol–water partition coefficient (Wildman–Crippen LogP) is 8.98. The average Bonchev–Trinajstić information content (AvgIpc) is 2.65. The van der Waals surface area contributed by atoms with Gasteiger partial charge < -0.3 is 0 Å². The first-order valence-corrected chi connectivity index (χ1v) is 11.3. The molecule has 0 N–H and O–H groups in total. The van der Waals surface area contributed by atoms with Crippen molar-refractivity contribution in [2.75, 3.05) is 0 Å². The number of rotatable bonds is 8. The average molecular weight is 347 g/mol. The van der Waals surface area contributed by atoms with Gasteiger partial charge in [-0.2, -0.15) is 0 Å². The first kappa shape index (κ1) is 24.2. The Hall–Kier alpha value is -0.780. The molecule has 0 nitrogen and oxygen atoms in total. The summed E-state index contributed by atoms with van der Waals surface area (Å²) in [6.45, 7) is 8.78. The van der Waals surface area contributed by atoms with Crippen molar-refractivity contribution in [2.24, 2.45) is 5.92 Å². The second-order valence-corrected chi connectivity index (χ2v) is 7.65.